The molecule has 0 N–H and O–H groups in total. The molecule has 0 spiro atoms. The highest BCUT2D eigenvalue weighted by Gasteiger charge is 2.51. The second-order valence-electron chi connectivity index (χ2n) is 8.57. The lowest BCUT2D eigenvalue weighted by Crippen LogP contribution is -2.29. The number of ether oxygens (including phenoxy) is 1. The number of carbonyl (C=O) groups is 2. The molecule has 0 bridgehead atoms. The zero-order chi connectivity index (χ0) is 16.7. The fourth-order valence-corrected chi connectivity index (χ4v) is 4.09. The van der Waals surface area contributed by atoms with Crippen molar-refractivity contribution >= 4 is 11.8 Å². The van der Waals surface area contributed by atoms with Crippen molar-refractivity contribution in [1.82, 2.24) is 0 Å². The van der Waals surface area contributed by atoms with E-state index in [-0.39, 0.29) is 23.3 Å². The second kappa shape index (κ2) is 5.82. The van der Waals surface area contributed by atoms with Crippen molar-refractivity contribution in [3.05, 3.63) is 11.6 Å². The fourth-order valence-electron chi connectivity index (χ4n) is 4.09. The molecule has 0 heterocycles. The molecule has 3 heteroatoms. The van der Waals surface area contributed by atoms with E-state index in [1.165, 1.54) is 0 Å². The smallest absolute Gasteiger partial charge is 0.311 e. The minimum absolute atomic E-state index is 0.0108. The van der Waals surface area contributed by atoms with Crippen LogP contribution >= 0.6 is 0 Å². The molecule has 0 unspecified atom stereocenters. The van der Waals surface area contributed by atoms with Gasteiger partial charge in [-0.2, -0.15) is 0 Å². The third-order valence-electron chi connectivity index (χ3n) is 5.39. The Kier molecular flexibility index (Phi) is 4.56. The summed E-state index contributed by atoms with van der Waals surface area (Å²) in [6.07, 6.45) is 4.95. The molecule has 0 aromatic rings. The molecule has 3 nitrogen and oxygen atoms in total. The normalized spacial score (nSPS) is 32.5. The van der Waals surface area contributed by atoms with Crippen molar-refractivity contribution in [2.24, 2.45) is 22.7 Å². The molecule has 2 rings (SSSR count). The molecule has 3 atom stereocenters. The maximum atomic E-state index is 12.3. The number of hydrogen-bond donors (Lipinski definition) is 0. The van der Waals surface area contributed by atoms with E-state index in [9.17, 15) is 9.59 Å². The van der Waals surface area contributed by atoms with Crippen LogP contribution in [-0.4, -0.2) is 17.9 Å². The minimum Gasteiger partial charge on any atom is -0.457 e. The Morgan fingerprint density at radius 1 is 1.36 bits per heavy atom. The van der Waals surface area contributed by atoms with Crippen molar-refractivity contribution in [2.75, 3.05) is 0 Å². The molecule has 22 heavy (non-hydrogen) atoms. The van der Waals surface area contributed by atoms with Crippen molar-refractivity contribution < 1.29 is 14.3 Å². The van der Waals surface area contributed by atoms with Gasteiger partial charge in [0.15, 0.2) is 5.78 Å². The monoisotopic (exact) mass is 306 g/mol. The van der Waals surface area contributed by atoms with Gasteiger partial charge in [-0.1, -0.05) is 20.8 Å². The third kappa shape index (κ3) is 3.13. The van der Waals surface area contributed by atoms with Gasteiger partial charge < -0.3 is 4.74 Å². The SMILES string of the molecule is CC(C)[C@H]1C[C@H](OC(=O)C(C)(C)C)C2=CC(=O)CCC[C@@]21C. The quantitative estimate of drug-likeness (QED) is 0.714. The molecule has 0 radical (unpaired) electrons. The van der Waals surface area contributed by atoms with E-state index in [0.717, 1.165) is 24.8 Å². The van der Waals surface area contributed by atoms with Gasteiger partial charge in [-0.15, -0.1) is 0 Å². The van der Waals surface area contributed by atoms with E-state index in [0.29, 0.717) is 18.3 Å². The number of esters is 1. The summed E-state index contributed by atoms with van der Waals surface area (Å²) in [5, 5.41) is 0. The lowest BCUT2D eigenvalue weighted by atomic mass is 9.70. The summed E-state index contributed by atoms with van der Waals surface area (Å²) in [4.78, 5) is 24.4. The van der Waals surface area contributed by atoms with Gasteiger partial charge in [-0.25, -0.2) is 0 Å². The largest absolute Gasteiger partial charge is 0.457 e. The number of hydrogen-bond acceptors (Lipinski definition) is 3. The molecule has 1 saturated carbocycles. The number of fused-ring (bicyclic) bond motifs is 1. The molecular formula is C19H30O3. The zero-order valence-electron chi connectivity index (χ0n) is 14.9. The molecular weight excluding hydrogens is 276 g/mol. The molecule has 124 valence electrons. The van der Waals surface area contributed by atoms with Gasteiger partial charge in [-0.3, -0.25) is 9.59 Å². The average Bonchev–Trinajstić information content (AvgIpc) is 2.53. The highest BCUT2D eigenvalue weighted by atomic mass is 16.5. The topological polar surface area (TPSA) is 43.4 Å². The predicted molar refractivity (Wildman–Crippen MR) is 87.3 cm³/mol. The highest BCUT2D eigenvalue weighted by Crippen LogP contribution is 2.55. The molecule has 0 amide bonds. The van der Waals surface area contributed by atoms with Gasteiger partial charge in [0, 0.05) is 6.42 Å². The standard InChI is InChI=1S/C19H30O3/c1-12(2)14-11-16(22-17(21)18(3,4)5)15-10-13(20)8-7-9-19(14,15)6/h10,12,14,16H,7-9,11H2,1-6H3/t14-,16+,19-/m1/s1. The molecule has 2 aliphatic rings. The van der Waals surface area contributed by atoms with Gasteiger partial charge in [0.05, 0.1) is 5.41 Å². The van der Waals surface area contributed by atoms with Gasteiger partial charge >= 0.3 is 5.97 Å². The summed E-state index contributed by atoms with van der Waals surface area (Å²) in [5.41, 5.74) is 0.538. The second-order valence-corrected chi connectivity index (χ2v) is 8.57. The van der Waals surface area contributed by atoms with Crippen molar-refractivity contribution in [3.63, 3.8) is 0 Å². The van der Waals surface area contributed by atoms with Crippen LogP contribution in [0.2, 0.25) is 0 Å². The van der Waals surface area contributed by atoms with E-state index in [1.807, 2.05) is 20.8 Å². The highest BCUT2D eigenvalue weighted by molar-refractivity contribution is 5.91. The van der Waals surface area contributed by atoms with Crippen LogP contribution in [0, 0.1) is 22.7 Å². The van der Waals surface area contributed by atoms with Gasteiger partial charge in [0.1, 0.15) is 6.10 Å². The first kappa shape index (κ1) is 17.2. The Balaban J connectivity index is 2.35. The number of carbonyl (C=O) groups excluding carboxylic acids is 2. The van der Waals surface area contributed by atoms with E-state index in [2.05, 4.69) is 20.8 Å². The van der Waals surface area contributed by atoms with Crippen LogP contribution in [0.4, 0.5) is 0 Å². The van der Waals surface area contributed by atoms with Crippen LogP contribution in [0.1, 0.15) is 67.2 Å². The van der Waals surface area contributed by atoms with E-state index in [1.54, 1.807) is 6.08 Å². The van der Waals surface area contributed by atoms with Crippen LogP contribution in [0.3, 0.4) is 0 Å². The van der Waals surface area contributed by atoms with E-state index in [4.69, 9.17) is 4.74 Å². The van der Waals surface area contributed by atoms with Gasteiger partial charge in [-0.05, 0) is 68.9 Å². The summed E-state index contributed by atoms with van der Waals surface area (Å²) >= 11 is 0. The van der Waals surface area contributed by atoms with E-state index < -0.39 is 5.41 Å². The summed E-state index contributed by atoms with van der Waals surface area (Å²) in [6, 6.07) is 0. The first-order valence-electron chi connectivity index (χ1n) is 8.51. The number of ketones is 1. The first-order valence-corrected chi connectivity index (χ1v) is 8.51. The maximum absolute atomic E-state index is 12.3. The predicted octanol–water partition coefficient (Wildman–Crippen LogP) is 4.31. The van der Waals surface area contributed by atoms with Crippen LogP contribution in [-0.2, 0) is 14.3 Å². The fraction of sp³-hybridized carbons (Fsp3) is 0.789. The maximum Gasteiger partial charge on any atom is 0.311 e. The van der Waals surface area contributed by atoms with Crippen molar-refractivity contribution in [3.8, 4) is 0 Å². The Labute approximate surface area is 134 Å². The Morgan fingerprint density at radius 3 is 2.55 bits per heavy atom. The lowest BCUT2D eigenvalue weighted by molar-refractivity contribution is -0.156. The molecule has 0 aliphatic heterocycles. The third-order valence-corrected chi connectivity index (χ3v) is 5.39. The Bertz CT molecular complexity index is 495. The Morgan fingerprint density at radius 2 is 2.00 bits per heavy atom. The Hall–Kier alpha value is -1.12. The summed E-state index contributed by atoms with van der Waals surface area (Å²) < 4.78 is 5.84. The molecule has 1 fully saturated rings. The molecule has 0 aromatic carbocycles. The molecule has 0 saturated heterocycles. The zero-order valence-corrected chi connectivity index (χ0v) is 14.9. The summed E-state index contributed by atoms with van der Waals surface area (Å²) in [5.74, 6) is 0.976. The lowest BCUT2D eigenvalue weighted by Gasteiger charge is -2.34. The van der Waals surface area contributed by atoms with Gasteiger partial charge in [0.25, 0.3) is 0 Å². The van der Waals surface area contributed by atoms with E-state index >= 15 is 0 Å². The summed E-state index contributed by atoms with van der Waals surface area (Å²) in [6.45, 7) is 12.3. The van der Waals surface area contributed by atoms with Crippen LogP contribution in [0.25, 0.3) is 0 Å². The summed E-state index contributed by atoms with van der Waals surface area (Å²) in [7, 11) is 0. The average molecular weight is 306 g/mol. The van der Waals surface area contributed by atoms with Crippen LogP contribution in [0.15, 0.2) is 11.6 Å². The minimum atomic E-state index is -0.512. The van der Waals surface area contributed by atoms with Crippen LogP contribution < -0.4 is 0 Å². The van der Waals surface area contributed by atoms with Crippen molar-refractivity contribution in [1.29, 1.82) is 0 Å². The van der Waals surface area contributed by atoms with Crippen molar-refractivity contribution in [2.45, 2.75) is 73.3 Å². The van der Waals surface area contributed by atoms with Gasteiger partial charge in [0.2, 0.25) is 0 Å². The number of allylic oxidation sites excluding steroid dienone is 1. The molecule has 0 aromatic heterocycles. The van der Waals surface area contributed by atoms with Crippen LogP contribution in [0.5, 0.6) is 0 Å². The molecule has 2 aliphatic carbocycles. The number of rotatable bonds is 2. The first-order chi connectivity index (χ1) is 10.1.